The third-order valence-electron chi connectivity index (χ3n) is 5.90. The summed E-state index contributed by atoms with van der Waals surface area (Å²) in [6.45, 7) is 2.39. The summed E-state index contributed by atoms with van der Waals surface area (Å²) >= 11 is 3.73. The Morgan fingerprint density at radius 1 is 1.08 bits per heavy atom. The van der Waals surface area contributed by atoms with E-state index in [2.05, 4.69) is 60.3 Å². The Labute approximate surface area is 230 Å². The quantitative estimate of drug-likeness (QED) is 0.148. The summed E-state index contributed by atoms with van der Waals surface area (Å²) in [5.41, 5.74) is 9.82. The molecule has 10 heteroatoms. The summed E-state index contributed by atoms with van der Waals surface area (Å²) in [5, 5.41) is 7.17. The van der Waals surface area contributed by atoms with Crippen molar-refractivity contribution in [1.82, 2.24) is 20.3 Å². The van der Waals surface area contributed by atoms with Crippen molar-refractivity contribution < 1.29 is 9.18 Å². The fraction of sp³-hybridized carbons (Fsp3) is 0.111. The van der Waals surface area contributed by atoms with Gasteiger partial charge in [0.15, 0.2) is 0 Å². The van der Waals surface area contributed by atoms with E-state index in [4.69, 9.17) is 5.73 Å². The number of aromatic nitrogens is 3. The number of thiophene rings is 1. The van der Waals surface area contributed by atoms with Crippen LogP contribution in [0, 0.1) is 9.52 Å². The Balaban J connectivity index is 1.31. The molecule has 1 amide bonds. The number of rotatable bonds is 7. The van der Waals surface area contributed by atoms with Gasteiger partial charge in [-0.1, -0.05) is 18.2 Å². The van der Waals surface area contributed by atoms with Crippen LogP contribution >= 0.6 is 33.9 Å². The van der Waals surface area contributed by atoms with E-state index in [1.165, 1.54) is 18.5 Å². The number of nitrogens with zero attached hydrogens (tertiary/aromatic N) is 3. The molecule has 0 aliphatic carbocycles. The minimum absolute atomic E-state index is 0.234. The summed E-state index contributed by atoms with van der Waals surface area (Å²) in [6, 6.07) is 17.6. The highest BCUT2D eigenvalue weighted by molar-refractivity contribution is 14.1. The standard InChI is InChI=1S/C27H22FIN6OS/c1-15(16-2-5-18(28)6-3-16)35-27(36)21-11-25(29)32-13-23(21)31-12-19-7-9-24(37-19)17-4-8-22-20(10-17)26(30)34-14-33-22/h2-11,13-15,31H,12H2,1H3,(H,35,36)(H2,30,33,34)/t15-/m0/s1. The molecule has 3 heterocycles. The van der Waals surface area contributed by atoms with Crippen LogP contribution in [-0.2, 0) is 6.54 Å². The number of anilines is 2. The molecule has 0 unspecified atom stereocenters. The third-order valence-corrected chi connectivity index (χ3v) is 7.62. The van der Waals surface area contributed by atoms with Gasteiger partial charge in [-0.15, -0.1) is 11.3 Å². The number of nitrogens with one attached hydrogen (secondary N) is 2. The predicted octanol–water partition coefficient (Wildman–Crippen LogP) is 6.18. The van der Waals surface area contributed by atoms with Gasteiger partial charge in [0.25, 0.3) is 5.91 Å². The van der Waals surface area contributed by atoms with Crippen molar-refractivity contribution in [3.8, 4) is 10.4 Å². The molecule has 0 radical (unpaired) electrons. The average Bonchev–Trinajstić information content (AvgIpc) is 3.37. The molecule has 2 aromatic carbocycles. The van der Waals surface area contributed by atoms with Crippen LogP contribution in [-0.4, -0.2) is 20.9 Å². The largest absolute Gasteiger partial charge is 0.383 e. The molecule has 5 aromatic rings. The van der Waals surface area contributed by atoms with Gasteiger partial charge in [0.2, 0.25) is 0 Å². The van der Waals surface area contributed by atoms with Gasteiger partial charge in [0.05, 0.1) is 29.0 Å². The highest BCUT2D eigenvalue weighted by Crippen LogP contribution is 2.32. The first kappa shape index (κ1) is 25.0. The fourth-order valence-corrected chi connectivity index (χ4v) is 5.30. The number of carbonyl (C=O) groups excluding carboxylic acids is 1. The maximum absolute atomic E-state index is 13.3. The van der Waals surface area contributed by atoms with Crippen molar-refractivity contribution in [2.45, 2.75) is 19.5 Å². The van der Waals surface area contributed by atoms with Crippen LogP contribution in [0.4, 0.5) is 15.9 Å². The van der Waals surface area contributed by atoms with Crippen molar-refractivity contribution in [2.24, 2.45) is 0 Å². The highest BCUT2D eigenvalue weighted by Gasteiger charge is 2.17. The van der Waals surface area contributed by atoms with Gasteiger partial charge < -0.3 is 16.4 Å². The van der Waals surface area contributed by atoms with Crippen LogP contribution in [0.1, 0.15) is 33.8 Å². The normalized spacial score (nSPS) is 11.9. The van der Waals surface area contributed by atoms with E-state index in [9.17, 15) is 9.18 Å². The lowest BCUT2D eigenvalue weighted by Crippen LogP contribution is -2.27. The molecule has 5 rings (SSSR count). The summed E-state index contributed by atoms with van der Waals surface area (Å²) < 4.78 is 14.0. The summed E-state index contributed by atoms with van der Waals surface area (Å²) in [7, 11) is 0. The molecular formula is C27H22FIN6OS. The minimum Gasteiger partial charge on any atom is -0.383 e. The Kier molecular flexibility index (Phi) is 7.28. The van der Waals surface area contributed by atoms with Gasteiger partial charge in [0.1, 0.15) is 21.7 Å². The number of fused-ring (bicyclic) bond motifs is 1. The molecule has 3 aromatic heterocycles. The van der Waals surface area contributed by atoms with Gasteiger partial charge in [-0.05, 0) is 83.1 Å². The van der Waals surface area contributed by atoms with Crippen molar-refractivity contribution in [1.29, 1.82) is 0 Å². The Morgan fingerprint density at radius 2 is 1.89 bits per heavy atom. The number of carbonyl (C=O) groups is 1. The SMILES string of the molecule is C[C@H](NC(=O)c1cc(I)ncc1NCc1ccc(-c2ccc3ncnc(N)c3c2)s1)c1ccc(F)cc1. The zero-order valence-electron chi connectivity index (χ0n) is 19.7. The molecule has 7 nitrogen and oxygen atoms in total. The second-order valence-corrected chi connectivity index (χ2v) is 10.7. The number of hydrogen-bond donors (Lipinski definition) is 3. The molecule has 186 valence electrons. The predicted molar refractivity (Wildman–Crippen MR) is 154 cm³/mol. The first-order valence-corrected chi connectivity index (χ1v) is 13.3. The zero-order valence-corrected chi connectivity index (χ0v) is 22.7. The van der Waals surface area contributed by atoms with Gasteiger partial charge in [-0.3, -0.25) is 4.79 Å². The van der Waals surface area contributed by atoms with Gasteiger partial charge in [-0.25, -0.2) is 19.3 Å². The van der Waals surface area contributed by atoms with E-state index >= 15 is 0 Å². The first-order valence-electron chi connectivity index (χ1n) is 11.4. The summed E-state index contributed by atoms with van der Waals surface area (Å²) in [5.74, 6) is -0.0912. The van der Waals surface area contributed by atoms with Crippen LogP contribution in [0.25, 0.3) is 21.3 Å². The molecule has 37 heavy (non-hydrogen) atoms. The summed E-state index contributed by atoms with van der Waals surface area (Å²) in [6.07, 6.45) is 3.13. The van der Waals surface area contributed by atoms with E-state index in [1.807, 2.05) is 25.1 Å². The van der Waals surface area contributed by atoms with Crippen LogP contribution in [0.15, 0.2) is 73.2 Å². The molecule has 0 fully saturated rings. The van der Waals surface area contributed by atoms with E-state index in [-0.39, 0.29) is 17.8 Å². The second kappa shape index (κ2) is 10.8. The number of hydrogen-bond acceptors (Lipinski definition) is 7. The molecular weight excluding hydrogens is 602 g/mol. The topological polar surface area (TPSA) is 106 Å². The maximum Gasteiger partial charge on any atom is 0.254 e. The highest BCUT2D eigenvalue weighted by atomic mass is 127. The molecule has 1 atom stereocenters. The minimum atomic E-state index is -0.312. The Bertz CT molecular complexity index is 1590. The summed E-state index contributed by atoms with van der Waals surface area (Å²) in [4.78, 5) is 28.0. The molecule has 4 N–H and O–H groups in total. The molecule has 0 aliphatic heterocycles. The number of nitrogens with two attached hydrogens (primary N) is 1. The van der Waals surface area contributed by atoms with Gasteiger partial charge in [-0.2, -0.15) is 0 Å². The van der Waals surface area contributed by atoms with Crippen LogP contribution in [0.5, 0.6) is 0 Å². The van der Waals surface area contributed by atoms with Crippen molar-refractivity contribution in [2.75, 3.05) is 11.1 Å². The monoisotopic (exact) mass is 624 g/mol. The number of benzene rings is 2. The molecule has 0 aliphatic rings. The van der Waals surface area contributed by atoms with Gasteiger partial charge >= 0.3 is 0 Å². The third kappa shape index (κ3) is 5.70. The Morgan fingerprint density at radius 3 is 2.70 bits per heavy atom. The second-order valence-electron chi connectivity index (χ2n) is 8.41. The molecule has 0 spiro atoms. The van der Waals surface area contributed by atoms with E-state index in [1.54, 1.807) is 35.7 Å². The lowest BCUT2D eigenvalue weighted by Gasteiger charge is -2.17. The van der Waals surface area contributed by atoms with Crippen LogP contribution in [0.3, 0.4) is 0 Å². The van der Waals surface area contributed by atoms with Crippen molar-refractivity contribution in [3.05, 3.63) is 98.7 Å². The lowest BCUT2D eigenvalue weighted by atomic mass is 10.1. The zero-order chi connectivity index (χ0) is 25.9. The molecule has 0 saturated heterocycles. The fourth-order valence-electron chi connectivity index (χ4n) is 3.91. The van der Waals surface area contributed by atoms with Crippen molar-refractivity contribution >= 4 is 62.2 Å². The Hall–Kier alpha value is -3.64. The van der Waals surface area contributed by atoms with Crippen LogP contribution in [0.2, 0.25) is 0 Å². The van der Waals surface area contributed by atoms with Crippen LogP contribution < -0.4 is 16.4 Å². The van der Waals surface area contributed by atoms with E-state index < -0.39 is 0 Å². The van der Waals surface area contributed by atoms with E-state index in [0.29, 0.717) is 27.3 Å². The first-order chi connectivity index (χ1) is 17.9. The number of amides is 1. The lowest BCUT2D eigenvalue weighted by molar-refractivity contribution is 0.0940. The molecule has 0 bridgehead atoms. The number of pyridine rings is 1. The maximum atomic E-state index is 13.3. The smallest absolute Gasteiger partial charge is 0.254 e. The average molecular weight is 624 g/mol. The van der Waals surface area contributed by atoms with Crippen molar-refractivity contribution in [3.63, 3.8) is 0 Å². The molecule has 0 saturated carbocycles. The van der Waals surface area contributed by atoms with E-state index in [0.717, 1.165) is 31.8 Å². The van der Waals surface area contributed by atoms with Gasteiger partial charge in [0, 0.05) is 21.7 Å². The number of halogens is 2. The number of nitrogen functional groups attached to an aromatic ring is 1.